The van der Waals surface area contributed by atoms with Gasteiger partial charge in [0.25, 0.3) is 5.91 Å². The second kappa shape index (κ2) is 7.76. The lowest BCUT2D eigenvalue weighted by atomic mass is 9.98. The number of aliphatic imine (C=N–C) groups is 1. The molecule has 0 aromatic heterocycles. The first kappa shape index (κ1) is 17.5. The Kier molecular flexibility index (Phi) is 5.22. The van der Waals surface area contributed by atoms with Crippen LogP contribution >= 0.6 is 0 Å². The summed E-state index contributed by atoms with van der Waals surface area (Å²) >= 11 is 0. The summed E-state index contributed by atoms with van der Waals surface area (Å²) < 4.78 is 5.55. The van der Waals surface area contributed by atoms with E-state index in [1.54, 1.807) is 0 Å². The van der Waals surface area contributed by atoms with Gasteiger partial charge in [-0.15, -0.1) is 0 Å². The molecule has 1 aromatic rings. The number of anilines is 1. The van der Waals surface area contributed by atoms with E-state index in [1.807, 2.05) is 36.4 Å². The number of nitrogens with zero attached hydrogens (tertiary/aromatic N) is 3. The Morgan fingerprint density at radius 2 is 2.08 bits per heavy atom. The summed E-state index contributed by atoms with van der Waals surface area (Å²) in [5.74, 6) is 0.135. The van der Waals surface area contributed by atoms with Gasteiger partial charge in [0.1, 0.15) is 0 Å². The number of carbonyl (C=O) groups is 1. The van der Waals surface area contributed by atoms with Crippen molar-refractivity contribution in [3.63, 3.8) is 0 Å². The van der Waals surface area contributed by atoms with Crippen LogP contribution in [0.5, 0.6) is 0 Å². The van der Waals surface area contributed by atoms with Crippen LogP contribution in [0.4, 0.5) is 11.4 Å². The number of nitrogens with one attached hydrogen (secondary N) is 1. The minimum absolute atomic E-state index is 0.135. The number of amides is 1. The maximum absolute atomic E-state index is 12.9. The average Bonchev–Trinajstić information content (AvgIpc) is 2.73. The van der Waals surface area contributed by atoms with Crippen LogP contribution in [0, 0.1) is 0 Å². The number of carbonyl (C=O) groups excluding carboxylic acids is 1. The van der Waals surface area contributed by atoms with E-state index in [4.69, 9.17) is 4.74 Å². The van der Waals surface area contributed by atoms with Gasteiger partial charge in [-0.3, -0.25) is 14.7 Å². The molecule has 4 rings (SSSR count). The van der Waals surface area contributed by atoms with Crippen LogP contribution < -0.4 is 5.32 Å². The van der Waals surface area contributed by atoms with E-state index in [-0.39, 0.29) is 5.91 Å². The highest BCUT2D eigenvalue weighted by molar-refractivity contribution is 5.97. The SMILES string of the molecule is CO[C@H]1CCCN(C2CCN(C(=O)c3ccc4c(c3)NCC=N4)CC2)C1. The first-order valence-electron chi connectivity index (χ1n) is 9.71. The Morgan fingerprint density at radius 1 is 1.23 bits per heavy atom. The van der Waals surface area contributed by atoms with Gasteiger partial charge in [0.15, 0.2) is 0 Å². The lowest BCUT2D eigenvalue weighted by Crippen LogP contribution is -2.50. The summed E-state index contributed by atoms with van der Waals surface area (Å²) in [6.07, 6.45) is 6.70. The van der Waals surface area contributed by atoms with E-state index >= 15 is 0 Å². The Bertz CT molecular complexity index is 682. The minimum Gasteiger partial charge on any atom is -0.380 e. The number of rotatable bonds is 3. The molecular formula is C20H28N4O2. The van der Waals surface area contributed by atoms with Gasteiger partial charge in [-0.2, -0.15) is 0 Å². The number of benzene rings is 1. The van der Waals surface area contributed by atoms with Gasteiger partial charge in [-0.25, -0.2) is 0 Å². The van der Waals surface area contributed by atoms with Crippen molar-refractivity contribution in [1.82, 2.24) is 9.80 Å². The fourth-order valence-corrected chi connectivity index (χ4v) is 4.33. The van der Waals surface area contributed by atoms with Crippen LogP contribution in [0.25, 0.3) is 0 Å². The van der Waals surface area contributed by atoms with Crippen molar-refractivity contribution in [2.24, 2.45) is 4.99 Å². The third-order valence-electron chi connectivity index (χ3n) is 5.87. The van der Waals surface area contributed by atoms with E-state index in [9.17, 15) is 4.79 Å². The molecule has 0 spiro atoms. The molecule has 1 atom stereocenters. The molecule has 1 aromatic carbocycles. The Hall–Kier alpha value is -1.92. The van der Waals surface area contributed by atoms with Crippen molar-refractivity contribution < 1.29 is 9.53 Å². The van der Waals surface area contributed by atoms with E-state index in [0.29, 0.717) is 18.7 Å². The van der Waals surface area contributed by atoms with Crippen molar-refractivity contribution in [1.29, 1.82) is 0 Å². The lowest BCUT2D eigenvalue weighted by Gasteiger charge is -2.42. The van der Waals surface area contributed by atoms with Gasteiger partial charge in [0, 0.05) is 44.6 Å². The van der Waals surface area contributed by atoms with E-state index in [0.717, 1.165) is 56.0 Å². The van der Waals surface area contributed by atoms with Crippen molar-refractivity contribution in [3.05, 3.63) is 23.8 Å². The van der Waals surface area contributed by atoms with Crippen LogP contribution in [0.15, 0.2) is 23.2 Å². The summed E-state index contributed by atoms with van der Waals surface area (Å²) in [6.45, 7) is 4.58. The fourth-order valence-electron chi connectivity index (χ4n) is 4.33. The quantitative estimate of drug-likeness (QED) is 0.904. The van der Waals surface area contributed by atoms with E-state index in [2.05, 4.69) is 15.2 Å². The molecular weight excluding hydrogens is 328 g/mol. The summed E-state index contributed by atoms with van der Waals surface area (Å²) in [7, 11) is 1.81. The molecule has 2 fully saturated rings. The average molecular weight is 356 g/mol. The van der Waals surface area contributed by atoms with E-state index in [1.165, 1.54) is 12.8 Å². The monoisotopic (exact) mass is 356 g/mol. The summed E-state index contributed by atoms with van der Waals surface area (Å²) in [6, 6.07) is 6.34. The molecule has 0 radical (unpaired) electrons. The van der Waals surface area contributed by atoms with Crippen molar-refractivity contribution in [2.45, 2.75) is 37.8 Å². The highest BCUT2D eigenvalue weighted by Gasteiger charge is 2.30. The zero-order valence-electron chi connectivity index (χ0n) is 15.5. The number of ether oxygens (including phenoxy) is 1. The van der Waals surface area contributed by atoms with Gasteiger partial charge in [0.05, 0.1) is 24.0 Å². The van der Waals surface area contributed by atoms with Crippen LogP contribution in [0.1, 0.15) is 36.0 Å². The summed E-state index contributed by atoms with van der Waals surface area (Å²) in [5.41, 5.74) is 2.61. The zero-order chi connectivity index (χ0) is 17.9. The largest absolute Gasteiger partial charge is 0.380 e. The molecule has 6 nitrogen and oxygen atoms in total. The third-order valence-corrected chi connectivity index (χ3v) is 5.87. The predicted molar refractivity (Wildman–Crippen MR) is 104 cm³/mol. The van der Waals surface area contributed by atoms with Crippen LogP contribution in [0.3, 0.4) is 0 Å². The van der Waals surface area contributed by atoms with Gasteiger partial charge < -0.3 is 15.0 Å². The van der Waals surface area contributed by atoms with Gasteiger partial charge in [-0.1, -0.05) is 0 Å². The first-order chi connectivity index (χ1) is 12.7. The van der Waals surface area contributed by atoms with Gasteiger partial charge in [-0.05, 0) is 50.4 Å². The fraction of sp³-hybridized carbons (Fsp3) is 0.600. The van der Waals surface area contributed by atoms with Crippen LogP contribution in [0.2, 0.25) is 0 Å². The molecule has 0 aliphatic carbocycles. The van der Waals surface area contributed by atoms with Gasteiger partial charge >= 0.3 is 0 Å². The molecule has 1 N–H and O–H groups in total. The second-order valence-electron chi connectivity index (χ2n) is 7.44. The Morgan fingerprint density at radius 3 is 2.88 bits per heavy atom. The summed E-state index contributed by atoms with van der Waals surface area (Å²) in [5, 5.41) is 3.28. The molecule has 2 saturated heterocycles. The first-order valence-corrected chi connectivity index (χ1v) is 9.71. The van der Waals surface area contributed by atoms with Crippen molar-refractivity contribution in [3.8, 4) is 0 Å². The number of fused-ring (bicyclic) bond motifs is 1. The lowest BCUT2D eigenvalue weighted by molar-refractivity contribution is 0.00169. The smallest absolute Gasteiger partial charge is 0.253 e. The van der Waals surface area contributed by atoms with Crippen LogP contribution in [-0.4, -0.2) is 73.9 Å². The normalized spacial score (nSPS) is 24.2. The molecule has 6 heteroatoms. The molecule has 0 bridgehead atoms. The highest BCUT2D eigenvalue weighted by atomic mass is 16.5. The number of likely N-dealkylation sites (tertiary alicyclic amines) is 2. The van der Waals surface area contributed by atoms with E-state index < -0.39 is 0 Å². The molecule has 3 aliphatic rings. The molecule has 3 heterocycles. The molecule has 0 saturated carbocycles. The maximum Gasteiger partial charge on any atom is 0.253 e. The standard InChI is InChI=1S/C20H28N4O2/c1-26-17-3-2-10-24(14-17)16-6-11-23(12-7-16)20(25)15-4-5-18-19(13-15)22-9-8-21-18/h4-5,8,13,16-17,22H,2-3,6-7,9-12,14H2,1H3/t17-/m0/s1. The Balaban J connectivity index is 1.36. The highest BCUT2D eigenvalue weighted by Crippen LogP contribution is 2.29. The van der Waals surface area contributed by atoms with Crippen molar-refractivity contribution in [2.75, 3.05) is 45.2 Å². The number of piperidine rings is 2. The molecule has 26 heavy (non-hydrogen) atoms. The molecule has 0 unspecified atom stereocenters. The maximum atomic E-state index is 12.9. The predicted octanol–water partition coefficient (Wildman–Crippen LogP) is 2.53. The summed E-state index contributed by atoms with van der Waals surface area (Å²) in [4.78, 5) is 21.8. The van der Waals surface area contributed by atoms with Gasteiger partial charge in [0.2, 0.25) is 0 Å². The Labute approximate surface area is 155 Å². The third kappa shape index (κ3) is 3.62. The molecule has 1 amide bonds. The van der Waals surface area contributed by atoms with Crippen molar-refractivity contribution >= 4 is 23.5 Å². The second-order valence-corrected chi connectivity index (χ2v) is 7.44. The topological polar surface area (TPSA) is 57.2 Å². The molecule has 3 aliphatic heterocycles. The zero-order valence-corrected chi connectivity index (χ0v) is 15.5. The number of hydrogen-bond acceptors (Lipinski definition) is 5. The van der Waals surface area contributed by atoms with Crippen LogP contribution in [-0.2, 0) is 4.74 Å². The minimum atomic E-state index is 0.135. The number of hydrogen-bond donors (Lipinski definition) is 1. The number of methoxy groups -OCH3 is 1. The molecule has 140 valence electrons.